The van der Waals surface area contributed by atoms with E-state index in [1.807, 2.05) is 0 Å². The van der Waals surface area contributed by atoms with Gasteiger partial charge < -0.3 is 10.6 Å². The molecule has 0 aromatic carbocycles. The third-order valence-electron chi connectivity index (χ3n) is 7.02. The molecule has 3 rings (SSSR count). The summed E-state index contributed by atoms with van der Waals surface area (Å²) in [7, 11) is 1.72. The zero-order valence-electron chi connectivity index (χ0n) is 18.8. The summed E-state index contributed by atoms with van der Waals surface area (Å²) in [5.41, 5.74) is -0.948. The van der Waals surface area contributed by atoms with Crippen molar-refractivity contribution in [2.24, 2.45) is 17.9 Å². The van der Waals surface area contributed by atoms with Gasteiger partial charge in [-0.1, -0.05) is 33.1 Å². The predicted octanol–water partition coefficient (Wildman–Crippen LogP) is 2.92. The second kappa shape index (κ2) is 9.32. The van der Waals surface area contributed by atoms with Gasteiger partial charge in [-0.2, -0.15) is 5.10 Å². The van der Waals surface area contributed by atoms with E-state index in [1.165, 1.54) is 4.68 Å². The van der Waals surface area contributed by atoms with Gasteiger partial charge >= 0.3 is 0 Å². The van der Waals surface area contributed by atoms with Crippen molar-refractivity contribution in [3.8, 4) is 0 Å². The highest BCUT2D eigenvalue weighted by atomic mass is 16.2. The Morgan fingerprint density at radius 2 is 1.81 bits per heavy atom. The first kappa shape index (κ1) is 23.2. The van der Waals surface area contributed by atoms with Crippen LogP contribution in [0, 0.1) is 10.8 Å². The van der Waals surface area contributed by atoms with Gasteiger partial charge in [0.15, 0.2) is 11.6 Å². The number of aromatic nitrogens is 2. The van der Waals surface area contributed by atoms with E-state index in [0.29, 0.717) is 31.5 Å². The minimum absolute atomic E-state index is 0.00773. The first-order valence-electron chi connectivity index (χ1n) is 11.3. The molecule has 31 heavy (non-hydrogen) atoms. The van der Waals surface area contributed by atoms with Crippen LogP contribution in [0.3, 0.4) is 0 Å². The second-order valence-electron chi connectivity index (χ2n) is 9.63. The van der Waals surface area contributed by atoms with E-state index in [4.69, 9.17) is 0 Å². The number of aryl methyl sites for hydroxylation is 1. The SMILES string of the molecule is CCC(=O)N[C@@H](CC1(C)CCCC1)C(=O)CC1(C(=O)C(=O)Nc2ccn(C)n2)CCC1. The molecular formula is C23H34N4O4. The molecule has 1 aromatic rings. The molecule has 0 bridgehead atoms. The molecule has 1 aromatic heterocycles. The van der Waals surface area contributed by atoms with Crippen molar-refractivity contribution in [1.82, 2.24) is 15.1 Å². The summed E-state index contributed by atoms with van der Waals surface area (Å²) < 4.78 is 1.54. The molecule has 1 atom stereocenters. The Labute approximate surface area is 183 Å². The summed E-state index contributed by atoms with van der Waals surface area (Å²) >= 11 is 0. The smallest absolute Gasteiger partial charge is 0.293 e. The molecule has 2 fully saturated rings. The van der Waals surface area contributed by atoms with Crippen LogP contribution in [-0.4, -0.2) is 39.2 Å². The van der Waals surface area contributed by atoms with Crippen molar-refractivity contribution in [3.05, 3.63) is 12.3 Å². The minimum Gasteiger partial charge on any atom is -0.346 e. The third kappa shape index (κ3) is 5.40. The van der Waals surface area contributed by atoms with Gasteiger partial charge in [-0.05, 0) is 37.5 Å². The molecule has 2 aliphatic carbocycles. The van der Waals surface area contributed by atoms with Crippen molar-refractivity contribution in [2.75, 3.05) is 5.32 Å². The fourth-order valence-corrected chi connectivity index (χ4v) is 4.91. The highest BCUT2D eigenvalue weighted by molar-refractivity contribution is 6.42. The molecule has 1 heterocycles. The van der Waals surface area contributed by atoms with Crippen molar-refractivity contribution >= 4 is 29.2 Å². The monoisotopic (exact) mass is 430 g/mol. The summed E-state index contributed by atoms with van der Waals surface area (Å²) in [6.07, 6.45) is 8.73. The Balaban J connectivity index is 1.70. The van der Waals surface area contributed by atoms with Crippen LogP contribution in [0.1, 0.15) is 78.1 Å². The number of rotatable bonds is 10. The fourth-order valence-electron chi connectivity index (χ4n) is 4.91. The standard InChI is InChI=1S/C23H34N4O4/c1-4-19(29)24-16(14-22(2)9-5-6-10-22)17(28)15-23(11-7-12-23)20(30)21(31)25-18-8-13-27(3)26-18/h8,13,16H,4-7,9-12,14-15H2,1-3H3,(H,24,29)(H,25,26,31)/t16-/m0/s1. The van der Waals surface area contributed by atoms with E-state index in [-0.39, 0.29) is 23.5 Å². The molecule has 2 aliphatic rings. The van der Waals surface area contributed by atoms with Gasteiger partial charge in [-0.15, -0.1) is 0 Å². The minimum atomic E-state index is -0.971. The number of ketones is 2. The molecule has 2 saturated carbocycles. The topological polar surface area (TPSA) is 110 Å². The third-order valence-corrected chi connectivity index (χ3v) is 7.02. The molecule has 170 valence electrons. The summed E-state index contributed by atoms with van der Waals surface area (Å²) in [4.78, 5) is 51.0. The van der Waals surface area contributed by atoms with E-state index in [2.05, 4.69) is 22.7 Å². The molecule has 2 amide bonds. The molecular weight excluding hydrogens is 396 g/mol. The molecule has 0 aliphatic heterocycles. The zero-order valence-corrected chi connectivity index (χ0v) is 18.8. The number of anilines is 1. The van der Waals surface area contributed by atoms with Gasteiger partial charge in [0, 0.05) is 37.6 Å². The summed E-state index contributed by atoms with van der Waals surface area (Å²) in [5.74, 6) is -1.30. The lowest BCUT2D eigenvalue weighted by molar-refractivity contribution is -0.147. The van der Waals surface area contributed by atoms with Crippen LogP contribution in [0.25, 0.3) is 0 Å². The van der Waals surface area contributed by atoms with Crippen LogP contribution in [0.2, 0.25) is 0 Å². The van der Waals surface area contributed by atoms with E-state index in [1.54, 1.807) is 26.2 Å². The Hall–Kier alpha value is -2.51. The summed E-state index contributed by atoms with van der Waals surface area (Å²) in [6, 6.07) is 1.00. The number of nitrogens with one attached hydrogen (secondary N) is 2. The second-order valence-corrected chi connectivity index (χ2v) is 9.63. The molecule has 0 unspecified atom stereocenters. The van der Waals surface area contributed by atoms with E-state index >= 15 is 0 Å². The van der Waals surface area contributed by atoms with Gasteiger partial charge in [0.25, 0.3) is 5.91 Å². The van der Waals surface area contributed by atoms with Crippen LogP contribution in [0.15, 0.2) is 12.3 Å². The quantitative estimate of drug-likeness (QED) is 0.555. The first-order chi connectivity index (χ1) is 14.7. The van der Waals surface area contributed by atoms with Gasteiger partial charge in [-0.25, -0.2) is 0 Å². The number of Topliss-reactive ketones (excluding diaryl/α,β-unsaturated/α-hetero) is 2. The number of hydrogen-bond acceptors (Lipinski definition) is 5. The van der Waals surface area contributed by atoms with E-state index in [0.717, 1.165) is 32.1 Å². The average Bonchev–Trinajstić information content (AvgIpc) is 3.31. The van der Waals surface area contributed by atoms with Crippen molar-refractivity contribution < 1.29 is 19.2 Å². The molecule has 0 spiro atoms. The van der Waals surface area contributed by atoms with Crippen LogP contribution >= 0.6 is 0 Å². The number of carbonyl (C=O) groups is 4. The molecule has 0 radical (unpaired) electrons. The molecule has 2 N–H and O–H groups in total. The first-order valence-corrected chi connectivity index (χ1v) is 11.3. The van der Waals surface area contributed by atoms with E-state index in [9.17, 15) is 19.2 Å². The Morgan fingerprint density at radius 1 is 1.13 bits per heavy atom. The lowest BCUT2D eigenvalue weighted by Gasteiger charge is -2.40. The fraction of sp³-hybridized carbons (Fsp3) is 0.696. The molecule has 8 heteroatoms. The Bertz CT molecular complexity index is 850. The number of amides is 2. The van der Waals surface area contributed by atoms with Gasteiger partial charge in [0.2, 0.25) is 11.7 Å². The maximum Gasteiger partial charge on any atom is 0.293 e. The van der Waals surface area contributed by atoms with Crippen molar-refractivity contribution in [2.45, 2.75) is 84.1 Å². The van der Waals surface area contributed by atoms with Crippen molar-refractivity contribution in [1.29, 1.82) is 0 Å². The highest BCUT2D eigenvalue weighted by Gasteiger charge is 2.49. The molecule has 0 saturated heterocycles. The lowest BCUT2D eigenvalue weighted by atomic mass is 9.62. The maximum atomic E-state index is 13.3. The van der Waals surface area contributed by atoms with Crippen LogP contribution in [0.5, 0.6) is 0 Å². The van der Waals surface area contributed by atoms with Crippen LogP contribution in [0.4, 0.5) is 5.82 Å². The predicted molar refractivity (Wildman–Crippen MR) is 116 cm³/mol. The Morgan fingerprint density at radius 3 is 2.32 bits per heavy atom. The summed E-state index contributed by atoms with van der Waals surface area (Å²) in [6.45, 7) is 3.93. The van der Waals surface area contributed by atoms with E-state index < -0.39 is 23.1 Å². The maximum absolute atomic E-state index is 13.3. The number of carbonyl (C=O) groups excluding carboxylic acids is 4. The van der Waals surface area contributed by atoms with Crippen LogP contribution < -0.4 is 10.6 Å². The zero-order chi connectivity index (χ0) is 22.6. The van der Waals surface area contributed by atoms with Gasteiger partial charge in [0.05, 0.1) is 6.04 Å². The number of nitrogens with zero attached hydrogens (tertiary/aromatic N) is 2. The number of hydrogen-bond donors (Lipinski definition) is 2. The summed E-state index contributed by atoms with van der Waals surface area (Å²) in [5, 5.41) is 9.50. The van der Waals surface area contributed by atoms with Crippen molar-refractivity contribution in [3.63, 3.8) is 0 Å². The largest absolute Gasteiger partial charge is 0.346 e. The molecule has 8 nitrogen and oxygen atoms in total. The highest BCUT2D eigenvalue weighted by Crippen LogP contribution is 2.47. The Kier molecular flexibility index (Phi) is 6.96. The van der Waals surface area contributed by atoms with Crippen LogP contribution in [-0.2, 0) is 26.2 Å². The van der Waals surface area contributed by atoms with Gasteiger partial charge in [-0.3, -0.25) is 23.9 Å². The lowest BCUT2D eigenvalue weighted by Crippen LogP contribution is -2.50. The normalized spacial score (nSPS) is 19.8. The average molecular weight is 431 g/mol. The van der Waals surface area contributed by atoms with Gasteiger partial charge in [0.1, 0.15) is 0 Å².